The molecule has 0 saturated carbocycles. The van der Waals surface area contributed by atoms with E-state index < -0.39 is 0 Å². The molecule has 3 rings (SSSR count). The van der Waals surface area contributed by atoms with E-state index in [-0.39, 0.29) is 5.60 Å². The summed E-state index contributed by atoms with van der Waals surface area (Å²) in [5.41, 5.74) is 0.0684. The molecule has 1 atom stereocenters. The maximum atomic E-state index is 6.23. The zero-order valence-corrected chi connectivity index (χ0v) is 13.2. The molecule has 2 saturated heterocycles. The monoisotopic (exact) mass is 290 g/mol. The zero-order valence-electron chi connectivity index (χ0n) is 13.2. The molecule has 5 heteroatoms. The highest BCUT2D eigenvalue weighted by Crippen LogP contribution is 2.37. The van der Waals surface area contributed by atoms with Gasteiger partial charge in [-0.1, -0.05) is 13.8 Å². The first kappa shape index (κ1) is 14.7. The number of nitrogens with zero attached hydrogens (tertiary/aromatic N) is 4. The summed E-state index contributed by atoms with van der Waals surface area (Å²) in [7, 11) is 0. The third-order valence-electron chi connectivity index (χ3n) is 4.84. The topological polar surface area (TPSA) is 41.5 Å². The van der Waals surface area contributed by atoms with Crippen LogP contribution in [0.5, 0.6) is 0 Å². The van der Waals surface area contributed by atoms with E-state index in [4.69, 9.17) is 4.74 Å². The van der Waals surface area contributed by atoms with Gasteiger partial charge in [-0.2, -0.15) is 0 Å². The molecular weight excluding hydrogens is 264 g/mol. The minimum Gasteiger partial charge on any atom is -0.371 e. The molecule has 5 nitrogen and oxygen atoms in total. The van der Waals surface area contributed by atoms with Crippen LogP contribution in [0.3, 0.4) is 0 Å². The van der Waals surface area contributed by atoms with Gasteiger partial charge in [-0.15, -0.1) is 0 Å². The lowest BCUT2D eigenvalue weighted by molar-refractivity contribution is -0.119. The van der Waals surface area contributed by atoms with Crippen LogP contribution in [-0.4, -0.2) is 59.8 Å². The Morgan fingerprint density at radius 3 is 2.57 bits per heavy atom. The summed E-state index contributed by atoms with van der Waals surface area (Å²) in [6, 6.07) is 1.86. The lowest BCUT2D eigenvalue weighted by Gasteiger charge is -2.53. The van der Waals surface area contributed by atoms with E-state index in [1.807, 2.05) is 6.07 Å². The average molecular weight is 290 g/mol. The van der Waals surface area contributed by atoms with Gasteiger partial charge in [0.05, 0.1) is 19.7 Å². The summed E-state index contributed by atoms with van der Waals surface area (Å²) in [5.74, 6) is 1.52. The highest BCUT2D eigenvalue weighted by molar-refractivity contribution is 5.36. The molecule has 0 aromatic carbocycles. The Morgan fingerprint density at radius 2 is 2.00 bits per heavy atom. The fourth-order valence-electron chi connectivity index (χ4n) is 3.40. The van der Waals surface area contributed by atoms with Crippen LogP contribution >= 0.6 is 0 Å². The van der Waals surface area contributed by atoms with Crippen LogP contribution in [0.1, 0.15) is 26.7 Å². The fourth-order valence-corrected chi connectivity index (χ4v) is 3.40. The standard InChI is InChI=1S/C16H26N4O/c1-3-19(4-2)10-14-6-7-16(21-11-14)12-20(13-16)15-17-8-5-9-18-15/h5,8-9,14H,3-4,6-7,10-13H2,1-2H3/t14-/m1/s1. The van der Waals surface area contributed by atoms with Crippen molar-refractivity contribution in [2.75, 3.05) is 44.2 Å². The molecule has 1 aromatic heterocycles. The van der Waals surface area contributed by atoms with Gasteiger partial charge >= 0.3 is 0 Å². The summed E-state index contributed by atoms with van der Waals surface area (Å²) < 4.78 is 6.23. The molecule has 2 aliphatic heterocycles. The molecule has 0 amide bonds. The molecule has 3 heterocycles. The Hall–Kier alpha value is -1.20. The summed E-state index contributed by atoms with van der Waals surface area (Å²) in [4.78, 5) is 13.3. The number of hydrogen-bond donors (Lipinski definition) is 0. The summed E-state index contributed by atoms with van der Waals surface area (Å²) in [5, 5.41) is 0. The van der Waals surface area contributed by atoms with Gasteiger partial charge < -0.3 is 14.5 Å². The molecule has 1 spiro atoms. The first-order chi connectivity index (χ1) is 10.2. The predicted octanol–water partition coefficient (Wildman–Crippen LogP) is 1.80. The normalized spacial score (nSPS) is 24.3. The Labute approximate surface area is 127 Å². The van der Waals surface area contributed by atoms with Gasteiger partial charge in [0.25, 0.3) is 0 Å². The Kier molecular flexibility index (Phi) is 4.40. The quantitative estimate of drug-likeness (QED) is 0.827. The van der Waals surface area contributed by atoms with Crippen LogP contribution in [0.15, 0.2) is 18.5 Å². The average Bonchev–Trinajstić information content (AvgIpc) is 2.52. The van der Waals surface area contributed by atoms with E-state index in [0.717, 1.165) is 38.7 Å². The van der Waals surface area contributed by atoms with Gasteiger partial charge in [-0.3, -0.25) is 0 Å². The second-order valence-electron chi connectivity index (χ2n) is 6.29. The van der Waals surface area contributed by atoms with Crippen molar-refractivity contribution in [1.82, 2.24) is 14.9 Å². The van der Waals surface area contributed by atoms with E-state index in [2.05, 4.69) is 33.6 Å². The van der Waals surface area contributed by atoms with Crippen LogP contribution in [0.25, 0.3) is 0 Å². The minimum absolute atomic E-state index is 0.0684. The number of anilines is 1. The molecule has 116 valence electrons. The van der Waals surface area contributed by atoms with Gasteiger partial charge in [0.15, 0.2) is 0 Å². The van der Waals surface area contributed by atoms with Crippen molar-refractivity contribution in [3.05, 3.63) is 18.5 Å². The number of hydrogen-bond acceptors (Lipinski definition) is 5. The zero-order chi connectivity index (χ0) is 14.7. The van der Waals surface area contributed by atoms with Crippen molar-refractivity contribution < 1.29 is 4.74 Å². The fraction of sp³-hybridized carbons (Fsp3) is 0.750. The summed E-state index contributed by atoms with van der Waals surface area (Å²) >= 11 is 0. The number of rotatable bonds is 5. The van der Waals surface area contributed by atoms with Crippen LogP contribution in [-0.2, 0) is 4.74 Å². The van der Waals surface area contributed by atoms with Gasteiger partial charge in [0.1, 0.15) is 5.60 Å². The van der Waals surface area contributed by atoms with E-state index in [1.165, 1.54) is 19.4 Å². The van der Waals surface area contributed by atoms with Crippen LogP contribution in [0, 0.1) is 5.92 Å². The number of aromatic nitrogens is 2. The van der Waals surface area contributed by atoms with Crippen molar-refractivity contribution in [3.8, 4) is 0 Å². The SMILES string of the molecule is CCN(CC)C[C@H]1CCC2(CN(c3ncccn3)C2)OC1. The third-order valence-corrected chi connectivity index (χ3v) is 4.84. The highest BCUT2D eigenvalue weighted by Gasteiger charge is 2.47. The van der Waals surface area contributed by atoms with E-state index >= 15 is 0 Å². The highest BCUT2D eigenvalue weighted by atomic mass is 16.5. The Morgan fingerprint density at radius 1 is 1.29 bits per heavy atom. The van der Waals surface area contributed by atoms with Crippen molar-refractivity contribution >= 4 is 5.95 Å². The molecule has 1 aromatic rings. The largest absolute Gasteiger partial charge is 0.371 e. The smallest absolute Gasteiger partial charge is 0.225 e. The van der Waals surface area contributed by atoms with Gasteiger partial charge in [0.2, 0.25) is 5.95 Å². The van der Waals surface area contributed by atoms with Gasteiger partial charge in [0, 0.05) is 18.9 Å². The third kappa shape index (κ3) is 3.19. The molecule has 2 aliphatic rings. The molecule has 21 heavy (non-hydrogen) atoms. The predicted molar refractivity (Wildman–Crippen MR) is 83.4 cm³/mol. The van der Waals surface area contributed by atoms with Gasteiger partial charge in [-0.25, -0.2) is 9.97 Å². The molecule has 2 fully saturated rings. The molecular formula is C16H26N4O. The van der Waals surface area contributed by atoms with Crippen LogP contribution in [0.2, 0.25) is 0 Å². The van der Waals surface area contributed by atoms with Crippen molar-refractivity contribution in [3.63, 3.8) is 0 Å². The van der Waals surface area contributed by atoms with Crippen molar-refractivity contribution in [1.29, 1.82) is 0 Å². The van der Waals surface area contributed by atoms with Crippen molar-refractivity contribution in [2.45, 2.75) is 32.3 Å². The summed E-state index contributed by atoms with van der Waals surface area (Å²) in [6.07, 6.45) is 6.05. The van der Waals surface area contributed by atoms with Crippen LogP contribution in [0.4, 0.5) is 5.95 Å². The second-order valence-corrected chi connectivity index (χ2v) is 6.29. The maximum Gasteiger partial charge on any atom is 0.225 e. The van der Waals surface area contributed by atoms with E-state index in [0.29, 0.717) is 5.92 Å². The maximum absolute atomic E-state index is 6.23. The molecule has 0 aliphatic carbocycles. The van der Waals surface area contributed by atoms with E-state index in [1.54, 1.807) is 12.4 Å². The lowest BCUT2D eigenvalue weighted by Crippen LogP contribution is -2.65. The Bertz CT molecular complexity index is 433. The summed E-state index contributed by atoms with van der Waals surface area (Å²) in [6.45, 7) is 10.7. The molecule has 0 unspecified atom stereocenters. The Balaban J connectivity index is 1.47. The van der Waals surface area contributed by atoms with Crippen molar-refractivity contribution in [2.24, 2.45) is 5.92 Å². The van der Waals surface area contributed by atoms with Gasteiger partial charge in [-0.05, 0) is 37.9 Å². The van der Waals surface area contributed by atoms with Crippen LogP contribution < -0.4 is 4.90 Å². The second kappa shape index (κ2) is 6.28. The minimum atomic E-state index is 0.0684. The molecule has 0 N–H and O–H groups in total. The van der Waals surface area contributed by atoms with E-state index in [9.17, 15) is 0 Å². The number of ether oxygens (including phenoxy) is 1. The first-order valence-electron chi connectivity index (χ1n) is 8.13. The first-order valence-corrected chi connectivity index (χ1v) is 8.13. The lowest BCUT2D eigenvalue weighted by atomic mass is 9.83. The molecule has 0 bridgehead atoms. The molecule has 0 radical (unpaired) electrons.